The van der Waals surface area contributed by atoms with Crippen molar-refractivity contribution in [2.45, 2.75) is 71.7 Å². The Morgan fingerprint density at radius 1 is 1.08 bits per heavy atom. The first-order chi connectivity index (χ1) is 11.9. The molecule has 0 N–H and O–H groups in total. The molecule has 0 amide bonds. The molecule has 4 fully saturated rings. The molecule has 8 unspecified atom stereocenters. The molecule has 3 aliphatic carbocycles. The minimum atomic E-state index is -0.552. The van der Waals surface area contributed by atoms with E-state index in [1.807, 2.05) is 13.8 Å². The highest BCUT2D eigenvalue weighted by molar-refractivity contribution is 5.73. The van der Waals surface area contributed by atoms with Gasteiger partial charge in [0, 0.05) is 0 Å². The summed E-state index contributed by atoms with van der Waals surface area (Å²) in [5.41, 5.74) is 0. The Hall–Kier alpha value is -0.610. The first-order valence-corrected chi connectivity index (χ1v) is 10.4. The summed E-state index contributed by atoms with van der Waals surface area (Å²) < 4.78 is 17.0. The van der Waals surface area contributed by atoms with E-state index in [0.29, 0.717) is 19.1 Å². The summed E-state index contributed by atoms with van der Waals surface area (Å²) in [6, 6.07) is 0. The Morgan fingerprint density at radius 3 is 2.44 bits per heavy atom. The number of carbonyl (C=O) groups is 1. The summed E-state index contributed by atoms with van der Waals surface area (Å²) in [5.74, 6) is 4.32. The van der Waals surface area contributed by atoms with Gasteiger partial charge in [0.25, 0.3) is 0 Å². The van der Waals surface area contributed by atoms with Crippen LogP contribution in [0.1, 0.15) is 59.8 Å². The minimum Gasteiger partial charge on any atom is -0.463 e. The fourth-order valence-corrected chi connectivity index (χ4v) is 6.79. The Kier molecular flexibility index (Phi) is 4.64. The smallest absolute Gasteiger partial charge is 0.309 e. The number of esters is 1. The molecule has 4 rings (SSSR count). The first-order valence-electron chi connectivity index (χ1n) is 10.4. The Balaban J connectivity index is 1.36. The summed E-state index contributed by atoms with van der Waals surface area (Å²) in [6.45, 7) is 9.33. The van der Waals surface area contributed by atoms with Crippen LogP contribution in [-0.4, -0.2) is 31.1 Å². The molecular formula is C21H34O4. The maximum Gasteiger partial charge on any atom is 0.309 e. The summed E-state index contributed by atoms with van der Waals surface area (Å²) in [6.07, 6.45) is 6.17. The largest absolute Gasteiger partial charge is 0.463 e. The van der Waals surface area contributed by atoms with Gasteiger partial charge in [0.1, 0.15) is 12.7 Å². The van der Waals surface area contributed by atoms with E-state index in [1.165, 1.54) is 25.7 Å². The maximum atomic E-state index is 12.8. The SMILES string of the molecule is CCC1CC(CC)C2C3CC(CC3C(=O)OCC3COC(C)(C)O3)C12. The molecule has 4 nitrogen and oxygen atoms in total. The van der Waals surface area contributed by atoms with Crippen molar-refractivity contribution in [2.24, 2.45) is 41.4 Å². The lowest BCUT2D eigenvalue weighted by atomic mass is 9.70. The van der Waals surface area contributed by atoms with Crippen molar-refractivity contribution in [2.75, 3.05) is 13.2 Å². The van der Waals surface area contributed by atoms with Crippen LogP contribution in [0.5, 0.6) is 0 Å². The molecule has 25 heavy (non-hydrogen) atoms. The molecule has 4 aliphatic rings. The van der Waals surface area contributed by atoms with Crippen molar-refractivity contribution in [1.82, 2.24) is 0 Å². The lowest BCUT2D eigenvalue weighted by Gasteiger charge is -2.34. The lowest BCUT2D eigenvalue weighted by molar-refractivity contribution is -0.163. The molecule has 0 aromatic carbocycles. The molecule has 1 aliphatic heterocycles. The van der Waals surface area contributed by atoms with E-state index < -0.39 is 5.79 Å². The van der Waals surface area contributed by atoms with E-state index in [0.717, 1.165) is 36.0 Å². The molecule has 0 radical (unpaired) electrons. The van der Waals surface area contributed by atoms with Crippen LogP contribution in [0.3, 0.4) is 0 Å². The quantitative estimate of drug-likeness (QED) is 0.702. The lowest BCUT2D eigenvalue weighted by Crippen LogP contribution is -2.35. The van der Waals surface area contributed by atoms with Crippen molar-refractivity contribution in [3.05, 3.63) is 0 Å². The molecule has 3 saturated carbocycles. The van der Waals surface area contributed by atoms with Gasteiger partial charge in [-0.15, -0.1) is 0 Å². The summed E-state index contributed by atoms with van der Waals surface area (Å²) in [7, 11) is 0. The third-order valence-electron chi connectivity index (χ3n) is 7.66. The van der Waals surface area contributed by atoms with Crippen LogP contribution in [0.25, 0.3) is 0 Å². The summed E-state index contributed by atoms with van der Waals surface area (Å²) >= 11 is 0. The van der Waals surface area contributed by atoms with Gasteiger partial charge >= 0.3 is 5.97 Å². The van der Waals surface area contributed by atoms with E-state index in [2.05, 4.69) is 13.8 Å². The van der Waals surface area contributed by atoms with Crippen LogP contribution in [0.4, 0.5) is 0 Å². The van der Waals surface area contributed by atoms with Crippen molar-refractivity contribution in [3.63, 3.8) is 0 Å². The molecule has 4 heteroatoms. The minimum absolute atomic E-state index is 0.0223. The van der Waals surface area contributed by atoms with Gasteiger partial charge in [-0.2, -0.15) is 0 Å². The Morgan fingerprint density at radius 2 is 1.80 bits per heavy atom. The van der Waals surface area contributed by atoms with Gasteiger partial charge < -0.3 is 14.2 Å². The van der Waals surface area contributed by atoms with Gasteiger partial charge in [0.2, 0.25) is 0 Å². The average molecular weight is 350 g/mol. The standard InChI is InChI=1S/C21H34O4/c1-5-12-7-13(6-2)19-16-8-14(18(12)19)9-17(16)20(22)23-10-15-11-24-21(3,4)25-15/h12-19H,5-11H2,1-4H3. The molecule has 142 valence electrons. The van der Waals surface area contributed by atoms with Crippen LogP contribution < -0.4 is 0 Å². The average Bonchev–Trinajstić information content (AvgIpc) is 3.31. The first kappa shape index (κ1) is 17.8. The Bertz CT molecular complexity index is 516. The van der Waals surface area contributed by atoms with Crippen molar-refractivity contribution >= 4 is 5.97 Å². The van der Waals surface area contributed by atoms with E-state index in [4.69, 9.17) is 14.2 Å². The highest BCUT2D eigenvalue weighted by Gasteiger charge is 2.61. The van der Waals surface area contributed by atoms with Gasteiger partial charge in [-0.25, -0.2) is 0 Å². The zero-order chi connectivity index (χ0) is 17.8. The zero-order valence-corrected chi connectivity index (χ0v) is 16.2. The van der Waals surface area contributed by atoms with E-state index in [9.17, 15) is 4.79 Å². The molecule has 1 saturated heterocycles. The number of rotatable bonds is 5. The predicted molar refractivity (Wildman–Crippen MR) is 94.7 cm³/mol. The van der Waals surface area contributed by atoms with E-state index >= 15 is 0 Å². The second kappa shape index (κ2) is 6.53. The molecule has 1 heterocycles. The third-order valence-corrected chi connectivity index (χ3v) is 7.66. The third kappa shape index (κ3) is 3.03. The number of hydrogen-bond donors (Lipinski definition) is 0. The molecule has 2 bridgehead atoms. The van der Waals surface area contributed by atoms with E-state index in [-0.39, 0.29) is 18.0 Å². The summed E-state index contributed by atoms with van der Waals surface area (Å²) in [4.78, 5) is 12.8. The second-order valence-corrected chi connectivity index (χ2v) is 9.31. The maximum absolute atomic E-state index is 12.8. The zero-order valence-electron chi connectivity index (χ0n) is 16.2. The van der Waals surface area contributed by atoms with Crippen LogP contribution in [-0.2, 0) is 19.0 Å². The normalized spacial score (nSPS) is 47.2. The molecule has 0 aromatic heterocycles. The number of ether oxygens (including phenoxy) is 3. The van der Waals surface area contributed by atoms with Crippen molar-refractivity contribution < 1.29 is 19.0 Å². The van der Waals surface area contributed by atoms with Gasteiger partial charge in [-0.3, -0.25) is 4.79 Å². The molecular weight excluding hydrogens is 316 g/mol. The predicted octanol–water partition coefficient (Wildman–Crippen LogP) is 4.03. The fraction of sp³-hybridized carbons (Fsp3) is 0.952. The highest BCUT2D eigenvalue weighted by atomic mass is 16.7. The number of fused-ring (bicyclic) bond motifs is 5. The van der Waals surface area contributed by atoms with Crippen LogP contribution in [0, 0.1) is 41.4 Å². The topological polar surface area (TPSA) is 44.8 Å². The highest BCUT2D eigenvalue weighted by Crippen LogP contribution is 2.65. The van der Waals surface area contributed by atoms with Gasteiger partial charge in [-0.05, 0) is 68.6 Å². The fourth-order valence-electron chi connectivity index (χ4n) is 6.79. The van der Waals surface area contributed by atoms with Crippen LogP contribution >= 0.6 is 0 Å². The second-order valence-electron chi connectivity index (χ2n) is 9.31. The van der Waals surface area contributed by atoms with Crippen molar-refractivity contribution in [3.8, 4) is 0 Å². The van der Waals surface area contributed by atoms with Crippen molar-refractivity contribution in [1.29, 1.82) is 0 Å². The van der Waals surface area contributed by atoms with Crippen LogP contribution in [0.2, 0.25) is 0 Å². The van der Waals surface area contributed by atoms with Gasteiger partial charge in [-0.1, -0.05) is 26.7 Å². The Labute approximate surface area is 152 Å². The van der Waals surface area contributed by atoms with E-state index in [1.54, 1.807) is 0 Å². The number of carbonyl (C=O) groups excluding carboxylic acids is 1. The molecule has 0 spiro atoms. The molecule has 0 aromatic rings. The summed E-state index contributed by atoms with van der Waals surface area (Å²) in [5, 5.41) is 0. The molecule has 8 atom stereocenters. The van der Waals surface area contributed by atoms with Crippen LogP contribution in [0.15, 0.2) is 0 Å². The van der Waals surface area contributed by atoms with Gasteiger partial charge in [0.05, 0.1) is 12.5 Å². The van der Waals surface area contributed by atoms with Gasteiger partial charge in [0.15, 0.2) is 5.79 Å². The number of hydrogen-bond acceptors (Lipinski definition) is 4. The monoisotopic (exact) mass is 350 g/mol.